The van der Waals surface area contributed by atoms with E-state index < -0.39 is 0 Å². The van der Waals surface area contributed by atoms with Crippen LogP contribution in [0.3, 0.4) is 0 Å². The van der Waals surface area contributed by atoms with Crippen LogP contribution in [0.1, 0.15) is 55.9 Å². The molecule has 0 N–H and O–H groups in total. The van der Waals surface area contributed by atoms with Crippen molar-refractivity contribution in [2.45, 2.75) is 51.1 Å². The Hall–Kier alpha value is -0.627. The standard InChI is InChI=1S/C22H27P.3C2H6N.Zr/c1-16(2)23(17(3)4)15-19-10-6-8-12-21(19)22-14-13-18-9-5-7-11-20(18)22;3*1-3-2;/h5-14,16-17,22H,15H2,1-4H3;3*1-2H3;/q;3*-1;+3/p+1. The fourth-order valence-corrected chi connectivity index (χ4v) is 6.73. The van der Waals surface area contributed by atoms with Gasteiger partial charge in [0.15, 0.2) is 0 Å². The third-order valence-electron chi connectivity index (χ3n) is 5.07. The van der Waals surface area contributed by atoms with E-state index in [2.05, 4.69) is 104 Å². The predicted molar refractivity (Wildman–Crippen MR) is 152 cm³/mol. The molecule has 1 unspecified atom stereocenters. The van der Waals surface area contributed by atoms with Gasteiger partial charge in [0.2, 0.25) is 0 Å². The molecule has 3 rings (SSSR count). The first-order valence-corrected chi connectivity index (χ1v) is 13.3. The van der Waals surface area contributed by atoms with Crippen LogP contribution in [0.2, 0.25) is 0 Å². The van der Waals surface area contributed by atoms with Crippen LogP contribution in [0.5, 0.6) is 0 Å². The van der Waals surface area contributed by atoms with Crippen LogP contribution in [-0.4, -0.2) is 53.6 Å². The molecule has 1 aliphatic rings. The molecule has 0 saturated carbocycles. The maximum atomic E-state index is 3.50. The van der Waals surface area contributed by atoms with Crippen molar-refractivity contribution < 1.29 is 26.2 Å². The van der Waals surface area contributed by atoms with Gasteiger partial charge in [0.05, 0.1) is 17.5 Å². The van der Waals surface area contributed by atoms with Gasteiger partial charge in [0.25, 0.3) is 0 Å². The van der Waals surface area contributed by atoms with Gasteiger partial charge in [-0.1, -0.05) is 60.7 Å². The minimum absolute atomic E-state index is 0. The maximum absolute atomic E-state index is 3.50. The van der Waals surface area contributed by atoms with E-state index in [-0.39, 0.29) is 34.1 Å². The van der Waals surface area contributed by atoms with Crippen molar-refractivity contribution in [1.82, 2.24) is 0 Å². The van der Waals surface area contributed by atoms with Gasteiger partial charge in [-0.2, -0.15) is 42.3 Å². The first-order valence-electron chi connectivity index (χ1n) is 11.5. The second-order valence-corrected chi connectivity index (χ2v) is 12.4. The summed E-state index contributed by atoms with van der Waals surface area (Å²) in [7, 11) is 10.1. The van der Waals surface area contributed by atoms with E-state index >= 15 is 0 Å². The molecular formula is C28H46N3PZr+. The Balaban J connectivity index is 0. The van der Waals surface area contributed by atoms with Crippen molar-refractivity contribution >= 4 is 14.0 Å². The molecule has 33 heavy (non-hydrogen) atoms. The molecule has 0 heterocycles. The molecule has 0 bridgehead atoms. The van der Waals surface area contributed by atoms with Crippen molar-refractivity contribution in [3.8, 4) is 0 Å². The third kappa shape index (κ3) is 12.6. The first kappa shape index (κ1) is 34.5. The topological polar surface area (TPSA) is 42.3 Å². The van der Waals surface area contributed by atoms with Gasteiger partial charge in [-0.15, -0.1) is 0 Å². The second kappa shape index (κ2) is 20.7. The summed E-state index contributed by atoms with van der Waals surface area (Å²) < 4.78 is 0. The number of rotatable bonds is 5. The van der Waals surface area contributed by atoms with E-state index in [1.165, 1.54) is 22.9 Å². The number of hydrogen-bond acceptors (Lipinski definition) is 0. The summed E-state index contributed by atoms with van der Waals surface area (Å²) in [6.07, 6.45) is 5.94. The number of hydrogen-bond donors (Lipinski definition) is 0. The quantitative estimate of drug-likeness (QED) is 0.339. The SMILES string of the molecule is CC(C)[PH+](Cc1ccccc1C1C=Cc2ccccc21)C(C)C.C[N-]C.C[N-]C.C[N-]C.[Zr+3]. The third-order valence-corrected chi connectivity index (χ3v) is 8.82. The molecule has 0 saturated heterocycles. The zero-order chi connectivity index (χ0) is 24.5. The molecule has 1 atom stereocenters. The smallest absolute Gasteiger partial charge is 0.668 e. The molecule has 0 fully saturated rings. The number of benzene rings is 2. The zero-order valence-corrected chi connectivity index (χ0v) is 26.0. The van der Waals surface area contributed by atoms with Crippen LogP contribution in [0.25, 0.3) is 22.0 Å². The maximum Gasteiger partial charge on any atom is 3.00 e. The Kier molecular flexibility index (Phi) is 21.7. The average molecular weight is 547 g/mol. The Bertz CT molecular complexity index is 750. The van der Waals surface area contributed by atoms with Crippen molar-refractivity contribution in [2.24, 2.45) is 0 Å². The van der Waals surface area contributed by atoms with E-state index in [9.17, 15) is 0 Å². The van der Waals surface area contributed by atoms with Gasteiger partial charge in [-0.25, -0.2) is 0 Å². The van der Waals surface area contributed by atoms with E-state index in [1.807, 2.05) is 0 Å². The van der Waals surface area contributed by atoms with Crippen LogP contribution in [0, 0.1) is 0 Å². The van der Waals surface area contributed by atoms with Crippen LogP contribution in [0.15, 0.2) is 54.6 Å². The van der Waals surface area contributed by atoms with E-state index in [0.717, 1.165) is 11.3 Å². The molecule has 0 aromatic heterocycles. The van der Waals surface area contributed by atoms with Gasteiger partial charge < -0.3 is 16.0 Å². The fraction of sp³-hybridized carbons (Fsp3) is 0.500. The molecule has 0 aliphatic heterocycles. The summed E-state index contributed by atoms with van der Waals surface area (Å²) in [4.78, 5) is 0. The Morgan fingerprint density at radius 1 is 0.697 bits per heavy atom. The first-order chi connectivity index (χ1) is 15.3. The van der Waals surface area contributed by atoms with Crippen molar-refractivity contribution in [2.75, 3.05) is 42.3 Å². The summed E-state index contributed by atoms with van der Waals surface area (Å²) >= 11 is 0. The molecule has 2 aromatic carbocycles. The van der Waals surface area contributed by atoms with Gasteiger partial charge in [-0.05, 0) is 49.9 Å². The molecule has 2 aromatic rings. The Morgan fingerprint density at radius 3 is 1.61 bits per heavy atom. The molecule has 1 aliphatic carbocycles. The van der Waals surface area contributed by atoms with Crippen molar-refractivity contribution in [1.29, 1.82) is 0 Å². The van der Waals surface area contributed by atoms with Crippen LogP contribution in [-0.2, 0) is 32.4 Å². The van der Waals surface area contributed by atoms with Crippen LogP contribution in [0.4, 0.5) is 0 Å². The van der Waals surface area contributed by atoms with E-state index in [4.69, 9.17) is 0 Å². The molecule has 3 nitrogen and oxygen atoms in total. The molecule has 0 amide bonds. The summed E-state index contributed by atoms with van der Waals surface area (Å²) in [5.41, 5.74) is 7.56. The van der Waals surface area contributed by atoms with Gasteiger partial charge in [-0.3, -0.25) is 0 Å². The van der Waals surface area contributed by atoms with Crippen molar-refractivity contribution in [3.05, 3.63) is 92.8 Å². The Labute approximate surface area is 225 Å². The second-order valence-electron chi connectivity index (χ2n) is 8.57. The zero-order valence-electron chi connectivity index (χ0n) is 22.6. The fourth-order valence-electron chi connectivity index (χ4n) is 3.81. The molecular weight excluding hydrogens is 501 g/mol. The number of nitrogens with zero attached hydrogens (tertiary/aromatic N) is 3. The van der Waals surface area contributed by atoms with Gasteiger partial charge in [0.1, 0.15) is 0 Å². The summed E-state index contributed by atoms with van der Waals surface area (Å²) in [6, 6.07) is 17.9. The minimum Gasteiger partial charge on any atom is -0.668 e. The average Bonchev–Trinajstić information content (AvgIpc) is 3.17. The molecule has 181 valence electrons. The van der Waals surface area contributed by atoms with E-state index in [0.29, 0.717) is 5.92 Å². The number of allylic oxidation sites excluding steroid dienone is 1. The molecule has 0 spiro atoms. The predicted octanol–water partition coefficient (Wildman–Crippen LogP) is 8.23. The number of fused-ring (bicyclic) bond motifs is 1. The van der Waals surface area contributed by atoms with E-state index in [1.54, 1.807) is 47.8 Å². The monoisotopic (exact) mass is 545 g/mol. The largest absolute Gasteiger partial charge is 3.00 e. The minimum atomic E-state index is -0.383. The van der Waals surface area contributed by atoms with Gasteiger partial charge >= 0.3 is 26.2 Å². The Morgan fingerprint density at radius 2 is 1.12 bits per heavy atom. The summed E-state index contributed by atoms with van der Waals surface area (Å²) in [6.45, 7) is 9.62. The van der Waals surface area contributed by atoms with Gasteiger partial charge in [0, 0.05) is 13.8 Å². The molecule has 5 heteroatoms. The van der Waals surface area contributed by atoms with Crippen LogP contribution < -0.4 is 0 Å². The van der Waals surface area contributed by atoms with Crippen LogP contribution >= 0.6 is 7.92 Å². The molecule has 1 radical (unpaired) electrons. The summed E-state index contributed by atoms with van der Waals surface area (Å²) in [5.74, 6) is 0.435. The normalized spacial score (nSPS) is 13.2. The summed E-state index contributed by atoms with van der Waals surface area (Å²) in [5, 5.41) is 10.5. The van der Waals surface area contributed by atoms with Crippen molar-refractivity contribution in [3.63, 3.8) is 0 Å².